The molecule has 15 heavy (non-hydrogen) atoms. The van der Waals surface area contributed by atoms with E-state index in [9.17, 15) is 0 Å². The molecule has 0 aliphatic carbocycles. The largest absolute Gasteiger partial charge is 0.0740 e. The zero-order valence-electron chi connectivity index (χ0n) is 8.93. The van der Waals surface area contributed by atoms with Crippen LogP contribution in [0.4, 0.5) is 0 Å². The van der Waals surface area contributed by atoms with Crippen LogP contribution >= 0.6 is 7.92 Å². The molecule has 0 nitrogen and oxygen atoms in total. The summed E-state index contributed by atoms with van der Waals surface area (Å²) in [6.45, 7) is 2.34. The summed E-state index contributed by atoms with van der Waals surface area (Å²) in [5.41, 5.74) is 1.44. The van der Waals surface area contributed by atoms with E-state index in [4.69, 9.17) is 0 Å². The number of benzene rings is 2. The molecule has 76 valence electrons. The molecule has 0 amide bonds. The lowest BCUT2D eigenvalue weighted by molar-refractivity contribution is 1.40. The van der Waals surface area contributed by atoms with E-state index in [-0.39, 0.29) is 7.92 Å². The second kappa shape index (κ2) is 5.09. The highest BCUT2D eigenvalue weighted by atomic mass is 31.1. The second-order valence-corrected chi connectivity index (χ2v) is 5.91. The molecule has 2 rings (SSSR count). The maximum atomic E-state index is 2.34. The summed E-state index contributed by atoms with van der Waals surface area (Å²) in [6.07, 6.45) is 1.18. The van der Waals surface area contributed by atoms with Gasteiger partial charge in [-0.1, -0.05) is 68.6 Å². The maximum Gasteiger partial charge on any atom is -0.00353 e. The molecule has 1 unspecified atom stereocenters. The van der Waals surface area contributed by atoms with Gasteiger partial charge >= 0.3 is 0 Å². The molecular formula is C14H15P. The molecule has 2 aromatic rings. The van der Waals surface area contributed by atoms with Gasteiger partial charge < -0.3 is 0 Å². The summed E-state index contributed by atoms with van der Waals surface area (Å²) in [5, 5.41) is 1.48. The van der Waals surface area contributed by atoms with E-state index in [1.807, 2.05) is 0 Å². The van der Waals surface area contributed by atoms with E-state index in [1.165, 1.54) is 17.0 Å². The van der Waals surface area contributed by atoms with Crippen LogP contribution in [0.25, 0.3) is 0 Å². The smallest absolute Gasteiger partial charge is 0.00353 e. The highest BCUT2D eigenvalue weighted by Crippen LogP contribution is 2.33. The van der Waals surface area contributed by atoms with Crippen molar-refractivity contribution in [3.63, 3.8) is 0 Å². The van der Waals surface area contributed by atoms with Crippen molar-refractivity contribution in [1.82, 2.24) is 0 Å². The van der Waals surface area contributed by atoms with Crippen LogP contribution in [0.15, 0.2) is 60.7 Å². The third-order valence-electron chi connectivity index (χ3n) is 2.46. The fourth-order valence-electron chi connectivity index (χ4n) is 1.63. The molecule has 0 radical (unpaired) electrons. The van der Waals surface area contributed by atoms with E-state index in [2.05, 4.69) is 67.3 Å². The predicted octanol–water partition coefficient (Wildman–Crippen LogP) is 3.62. The molecule has 0 saturated carbocycles. The Hall–Kier alpha value is -1.13. The van der Waals surface area contributed by atoms with E-state index >= 15 is 0 Å². The molecule has 0 aliphatic rings. The Labute approximate surface area is 92.7 Å². The third-order valence-corrected chi connectivity index (χ3v) is 4.48. The summed E-state index contributed by atoms with van der Waals surface area (Å²) in [4.78, 5) is 0. The number of hydrogen-bond acceptors (Lipinski definition) is 0. The zero-order chi connectivity index (χ0) is 10.5. The second-order valence-electron chi connectivity index (χ2n) is 3.68. The van der Waals surface area contributed by atoms with Gasteiger partial charge in [0, 0.05) is 0 Å². The normalized spacial score (nSPS) is 12.3. The van der Waals surface area contributed by atoms with Crippen molar-refractivity contribution in [2.24, 2.45) is 0 Å². The lowest BCUT2D eigenvalue weighted by Gasteiger charge is -2.12. The summed E-state index contributed by atoms with van der Waals surface area (Å²) in [5.74, 6) is 0. The maximum absolute atomic E-state index is 2.34. The van der Waals surface area contributed by atoms with Gasteiger partial charge in [0.25, 0.3) is 0 Å². The molecule has 2 aromatic carbocycles. The van der Waals surface area contributed by atoms with Crippen molar-refractivity contribution in [2.75, 3.05) is 6.66 Å². The van der Waals surface area contributed by atoms with Crippen LogP contribution in [0.3, 0.4) is 0 Å². The van der Waals surface area contributed by atoms with E-state index in [0.29, 0.717) is 0 Å². The van der Waals surface area contributed by atoms with Gasteiger partial charge in [0.1, 0.15) is 0 Å². The predicted molar refractivity (Wildman–Crippen MR) is 69.1 cm³/mol. The van der Waals surface area contributed by atoms with Crippen LogP contribution in [0.1, 0.15) is 5.56 Å². The van der Waals surface area contributed by atoms with Gasteiger partial charge in [-0.3, -0.25) is 0 Å². The molecule has 0 saturated heterocycles. The zero-order valence-corrected chi connectivity index (χ0v) is 9.82. The Morgan fingerprint density at radius 3 is 1.93 bits per heavy atom. The van der Waals surface area contributed by atoms with Gasteiger partial charge in [-0.05, 0) is 23.7 Å². The molecule has 0 fully saturated rings. The molecule has 0 N–H and O–H groups in total. The quantitative estimate of drug-likeness (QED) is 0.684. The Kier molecular flexibility index (Phi) is 3.53. The lowest BCUT2D eigenvalue weighted by atomic mass is 10.2. The molecule has 0 spiro atoms. The SMILES string of the molecule is CP(Cc1ccccc1)c1ccccc1. The van der Waals surface area contributed by atoms with E-state index < -0.39 is 0 Å². The van der Waals surface area contributed by atoms with Gasteiger partial charge in [0.2, 0.25) is 0 Å². The number of hydrogen-bond donors (Lipinski definition) is 0. The average Bonchev–Trinajstić information content (AvgIpc) is 2.31. The molecule has 0 aliphatic heterocycles. The van der Waals surface area contributed by atoms with Crippen LogP contribution < -0.4 is 5.30 Å². The van der Waals surface area contributed by atoms with E-state index in [0.717, 1.165) is 0 Å². The molecule has 1 atom stereocenters. The molecule has 0 aromatic heterocycles. The van der Waals surface area contributed by atoms with Crippen LogP contribution in [0.5, 0.6) is 0 Å². The van der Waals surface area contributed by atoms with Gasteiger partial charge in [0.05, 0.1) is 0 Å². The third kappa shape index (κ3) is 2.91. The number of rotatable bonds is 3. The van der Waals surface area contributed by atoms with Crippen molar-refractivity contribution in [2.45, 2.75) is 6.16 Å². The van der Waals surface area contributed by atoms with Crippen molar-refractivity contribution >= 4 is 13.2 Å². The van der Waals surface area contributed by atoms with Crippen LogP contribution in [0.2, 0.25) is 0 Å². The highest BCUT2D eigenvalue weighted by molar-refractivity contribution is 7.64. The van der Waals surface area contributed by atoms with Crippen molar-refractivity contribution in [1.29, 1.82) is 0 Å². The summed E-state index contributed by atoms with van der Waals surface area (Å²) >= 11 is 0. The van der Waals surface area contributed by atoms with Gasteiger partial charge in [-0.25, -0.2) is 0 Å². The van der Waals surface area contributed by atoms with Crippen molar-refractivity contribution in [3.05, 3.63) is 66.2 Å². The summed E-state index contributed by atoms with van der Waals surface area (Å²) in [7, 11) is -0.0520. The van der Waals surface area contributed by atoms with Crippen molar-refractivity contribution in [3.8, 4) is 0 Å². The first kappa shape index (κ1) is 10.4. The van der Waals surface area contributed by atoms with Crippen LogP contribution in [0, 0.1) is 0 Å². The Balaban J connectivity index is 2.08. The van der Waals surface area contributed by atoms with Gasteiger partial charge in [-0.2, -0.15) is 0 Å². The lowest BCUT2D eigenvalue weighted by Crippen LogP contribution is -2.00. The highest BCUT2D eigenvalue weighted by Gasteiger charge is 2.04. The Morgan fingerprint density at radius 1 is 0.800 bits per heavy atom. The minimum atomic E-state index is -0.0520. The summed E-state index contributed by atoms with van der Waals surface area (Å²) < 4.78 is 0. The first-order valence-corrected chi connectivity index (χ1v) is 7.14. The molecule has 0 bridgehead atoms. The minimum Gasteiger partial charge on any atom is -0.0740 e. The topological polar surface area (TPSA) is 0 Å². The average molecular weight is 214 g/mol. The first-order valence-electron chi connectivity index (χ1n) is 5.16. The van der Waals surface area contributed by atoms with E-state index in [1.54, 1.807) is 0 Å². The minimum absolute atomic E-state index is 0.0520. The fraction of sp³-hybridized carbons (Fsp3) is 0.143. The van der Waals surface area contributed by atoms with Crippen LogP contribution in [-0.4, -0.2) is 6.66 Å². The Bertz CT molecular complexity index is 394. The monoisotopic (exact) mass is 214 g/mol. The van der Waals surface area contributed by atoms with Crippen molar-refractivity contribution < 1.29 is 0 Å². The molecule has 0 heterocycles. The molecular weight excluding hydrogens is 199 g/mol. The molecule has 1 heteroatoms. The van der Waals surface area contributed by atoms with Gasteiger partial charge in [0.15, 0.2) is 0 Å². The standard InChI is InChI=1S/C14H15P/c1-15(14-10-6-3-7-11-14)12-13-8-4-2-5-9-13/h2-11H,12H2,1H3. The summed E-state index contributed by atoms with van der Waals surface area (Å²) in [6, 6.07) is 21.5. The fourth-order valence-corrected chi connectivity index (χ4v) is 3.25. The van der Waals surface area contributed by atoms with Crippen LogP contribution in [-0.2, 0) is 6.16 Å². The van der Waals surface area contributed by atoms with Gasteiger partial charge in [-0.15, -0.1) is 0 Å². The Morgan fingerprint density at radius 2 is 1.33 bits per heavy atom. The first-order chi connectivity index (χ1) is 7.36.